The predicted molar refractivity (Wildman–Crippen MR) is 49.7 cm³/mol. The van der Waals surface area contributed by atoms with Crippen LogP contribution in [0.3, 0.4) is 0 Å². The van der Waals surface area contributed by atoms with Crippen molar-refractivity contribution in [2.75, 3.05) is 12.4 Å². The maximum Gasteiger partial charge on any atom is 0.311 e. The third-order valence-electron chi connectivity index (χ3n) is 1.64. The molecule has 78 valence electrons. The van der Waals surface area contributed by atoms with Gasteiger partial charge in [0, 0.05) is 0 Å². The molecule has 1 aromatic heterocycles. The number of carbonyl (C=O) groups excluding carboxylic acids is 1. The molecule has 1 heterocycles. The fraction of sp³-hybridized carbons (Fsp3) is 0.625. The highest BCUT2D eigenvalue weighted by Crippen LogP contribution is 1.96. The lowest BCUT2D eigenvalue weighted by molar-refractivity contribution is -0.143. The van der Waals surface area contributed by atoms with Crippen molar-refractivity contribution in [2.24, 2.45) is 0 Å². The zero-order valence-corrected chi connectivity index (χ0v) is 8.14. The molecule has 0 bridgehead atoms. The fourth-order valence-corrected chi connectivity index (χ4v) is 0.924. The number of hydrogen-bond donors (Lipinski definition) is 1. The Bertz CT molecular complexity index is 297. The minimum Gasteiger partial charge on any atom is -0.465 e. The number of ether oxygens (including phenoxy) is 1. The van der Waals surface area contributed by atoms with Crippen LogP contribution in [-0.2, 0) is 16.0 Å². The number of rotatable bonds is 5. The summed E-state index contributed by atoms with van der Waals surface area (Å²) in [6.07, 6.45) is 3.50. The summed E-state index contributed by atoms with van der Waals surface area (Å²) in [7, 11) is 0. The molecule has 0 spiro atoms. The third-order valence-corrected chi connectivity index (χ3v) is 1.64. The van der Waals surface area contributed by atoms with Gasteiger partial charge in [-0.1, -0.05) is 13.3 Å². The Morgan fingerprint density at radius 1 is 1.71 bits per heavy atom. The first-order valence-electron chi connectivity index (χ1n) is 4.54. The van der Waals surface area contributed by atoms with Crippen LogP contribution < -0.4 is 5.84 Å². The van der Waals surface area contributed by atoms with E-state index in [-0.39, 0.29) is 12.4 Å². The van der Waals surface area contributed by atoms with Crippen LogP contribution in [0.5, 0.6) is 0 Å². The van der Waals surface area contributed by atoms with Gasteiger partial charge in [0.1, 0.15) is 0 Å². The van der Waals surface area contributed by atoms with Crippen LogP contribution in [0.15, 0.2) is 6.20 Å². The quantitative estimate of drug-likeness (QED) is 0.405. The van der Waals surface area contributed by atoms with Crippen LogP contribution >= 0.6 is 0 Å². The maximum absolute atomic E-state index is 11.2. The number of carbonyl (C=O) groups is 1. The SMILES string of the molecule is CCCCOC(=O)Cc1cn(N)nn1. The van der Waals surface area contributed by atoms with E-state index in [1.807, 2.05) is 6.92 Å². The molecule has 0 unspecified atom stereocenters. The molecule has 0 aliphatic carbocycles. The highest BCUT2D eigenvalue weighted by molar-refractivity contribution is 5.71. The number of hydrogen-bond acceptors (Lipinski definition) is 5. The summed E-state index contributed by atoms with van der Waals surface area (Å²) in [4.78, 5) is 12.2. The molecule has 14 heavy (non-hydrogen) atoms. The lowest BCUT2D eigenvalue weighted by Crippen LogP contribution is -2.09. The first-order chi connectivity index (χ1) is 6.72. The maximum atomic E-state index is 11.2. The van der Waals surface area contributed by atoms with Gasteiger partial charge in [-0.15, -0.1) is 5.10 Å². The minimum atomic E-state index is -0.293. The van der Waals surface area contributed by atoms with E-state index in [4.69, 9.17) is 10.6 Å². The number of aromatic nitrogens is 3. The molecule has 0 saturated carbocycles. The Labute approximate surface area is 82.0 Å². The van der Waals surface area contributed by atoms with E-state index >= 15 is 0 Å². The zero-order valence-electron chi connectivity index (χ0n) is 8.14. The number of esters is 1. The van der Waals surface area contributed by atoms with Crippen molar-refractivity contribution in [3.8, 4) is 0 Å². The van der Waals surface area contributed by atoms with Gasteiger partial charge in [0.15, 0.2) is 0 Å². The molecule has 6 heteroatoms. The zero-order chi connectivity index (χ0) is 10.4. The number of nitrogens with two attached hydrogens (primary N) is 1. The predicted octanol–water partition coefficient (Wildman–Crippen LogP) is -0.122. The van der Waals surface area contributed by atoms with E-state index < -0.39 is 0 Å². The second-order valence-electron chi connectivity index (χ2n) is 2.94. The molecule has 6 nitrogen and oxygen atoms in total. The first-order valence-corrected chi connectivity index (χ1v) is 4.54. The van der Waals surface area contributed by atoms with Crippen LogP contribution in [-0.4, -0.2) is 27.7 Å². The van der Waals surface area contributed by atoms with E-state index in [1.165, 1.54) is 6.20 Å². The number of unbranched alkanes of at least 4 members (excludes halogenated alkanes) is 1. The average Bonchev–Trinajstić information content (AvgIpc) is 2.52. The van der Waals surface area contributed by atoms with Gasteiger partial charge in [-0.2, -0.15) is 4.79 Å². The molecule has 1 aromatic rings. The van der Waals surface area contributed by atoms with Crippen LogP contribution in [0.4, 0.5) is 0 Å². The Kier molecular flexibility index (Phi) is 3.90. The molecule has 0 aliphatic heterocycles. The van der Waals surface area contributed by atoms with Crippen molar-refractivity contribution in [1.29, 1.82) is 0 Å². The van der Waals surface area contributed by atoms with Crippen LogP contribution in [0.25, 0.3) is 0 Å². The number of nitrogens with zero attached hydrogens (tertiary/aromatic N) is 3. The van der Waals surface area contributed by atoms with Gasteiger partial charge >= 0.3 is 5.97 Å². The lowest BCUT2D eigenvalue weighted by Gasteiger charge is -2.00. The molecule has 0 saturated heterocycles. The summed E-state index contributed by atoms with van der Waals surface area (Å²) in [5, 5.41) is 7.17. The van der Waals surface area contributed by atoms with Crippen LogP contribution in [0.1, 0.15) is 25.5 Å². The normalized spacial score (nSPS) is 10.1. The van der Waals surface area contributed by atoms with Crippen molar-refractivity contribution in [3.05, 3.63) is 11.9 Å². The fourth-order valence-electron chi connectivity index (χ4n) is 0.924. The average molecular weight is 198 g/mol. The van der Waals surface area contributed by atoms with Crippen molar-refractivity contribution >= 4 is 5.97 Å². The molecule has 2 N–H and O–H groups in total. The molecule has 0 fully saturated rings. The standard InChI is InChI=1S/C8H14N4O2/c1-2-3-4-14-8(13)5-7-6-12(9)11-10-7/h6H,2-5,9H2,1H3. The van der Waals surface area contributed by atoms with Gasteiger partial charge in [0.2, 0.25) is 0 Å². The highest BCUT2D eigenvalue weighted by Gasteiger charge is 2.07. The molecule has 1 rings (SSSR count). The van der Waals surface area contributed by atoms with Gasteiger partial charge in [0.05, 0.1) is 24.9 Å². The molecular weight excluding hydrogens is 184 g/mol. The molecule has 0 atom stereocenters. The minimum absolute atomic E-state index is 0.126. The van der Waals surface area contributed by atoms with Crippen molar-refractivity contribution in [3.63, 3.8) is 0 Å². The van der Waals surface area contributed by atoms with E-state index in [2.05, 4.69) is 10.3 Å². The monoisotopic (exact) mass is 198 g/mol. The van der Waals surface area contributed by atoms with Crippen molar-refractivity contribution < 1.29 is 9.53 Å². The highest BCUT2D eigenvalue weighted by atomic mass is 16.5. The molecule has 0 aromatic carbocycles. The van der Waals surface area contributed by atoms with Gasteiger partial charge in [-0.25, -0.2) is 0 Å². The van der Waals surface area contributed by atoms with Gasteiger partial charge in [0.25, 0.3) is 0 Å². The Morgan fingerprint density at radius 2 is 2.50 bits per heavy atom. The van der Waals surface area contributed by atoms with Gasteiger partial charge in [-0.05, 0) is 11.6 Å². The summed E-state index contributed by atoms with van der Waals surface area (Å²) in [6.45, 7) is 2.50. The summed E-state index contributed by atoms with van der Waals surface area (Å²) < 4.78 is 4.94. The van der Waals surface area contributed by atoms with Gasteiger partial charge in [-0.3, -0.25) is 4.79 Å². The lowest BCUT2D eigenvalue weighted by atomic mass is 10.3. The van der Waals surface area contributed by atoms with Crippen LogP contribution in [0.2, 0.25) is 0 Å². The number of nitrogen functional groups attached to an aromatic ring is 1. The van der Waals surface area contributed by atoms with Crippen LogP contribution in [0, 0.1) is 0 Å². The summed E-state index contributed by atoms with van der Waals surface area (Å²) in [5.41, 5.74) is 0.522. The van der Waals surface area contributed by atoms with E-state index in [9.17, 15) is 4.79 Å². The molecule has 0 amide bonds. The molecule has 0 radical (unpaired) electrons. The van der Waals surface area contributed by atoms with E-state index in [0.29, 0.717) is 12.3 Å². The Hall–Kier alpha value is -1.59. The first kappa shape index (κ1) is 10.5. The Morgan fingerprint density at radius 3 is 3.07 bits per heavy atom. The van der Waals surface area contributed by atoms with E-state index in [1.54, 1.807) is 0 Å². The smallest absolute Gasteiger partial charge is 0.311 e. The topological polar surface area (TPSA) is 83.0 Å². The van der Waals surface area contributed by atoms with E-state index in [0.717, 1.165) is 17.6 Å². The summed E-state index contributed by atoms with van der Waals surface area (Å²) >= 11 is 0. The largest absolute Gasteiger partial charge is 0.465 e. The summed E-state index contributed by atoms with van der Waals surface area (Å²) in [5.74, 6) is 4.97. The van der Waals surface area contributed by atoms with Gasteiger partial charge < -0.3 is 10.6 Å². The van der Waals surface area contributed by atoms with Crippen molar-refractivity contribution in [1.82, 2.24) is 15.1 Å². The summed E-state index contributed by atoms with van der Waals surface area (Å²) in [6, 6.07) is 0. The third kappa shape index (κ3) is 3.42. The van der Waals surface area contributed by atoms with Crippen molar-refractivity contribution in [2.45, 2.75) is 26.2 Å². The molecule has 0 aliphatic rings. The Balaban J connectivity index is 2.27. The molecular formula is C8H14N4O2. The second-order valence-corrected chi connectivity index (χ2v) is 2.94. The second kappa shape index (κ2) is 5.21.